The van der Waals surface area contributed by atoms with Crippen LogP contribution in [-0.2, 0) is 6.54 Å². The highest BCUT2D eigenvalue weighted by atomic mass is 16.3. The van der Waals surface area contributed by atoms with Gasteiger partial charge in [0.15, 0.2) is 0 Å². The van der Waals surface area contributed by atoms with Gasteiger partial charge >= 0.3 is 0 Å². The van der Waals surface area contributed by atoms with E-state index in [2.05, 4.69) is 53.0 Å². The minimum absolute atomic E-state index is 0.0268. The van der Waals surface area contributed by atoms with Crippen molar-refractivity contribution in [2.45, 2.75) is 13.5 Å². The third-order valence-corrected chi connectivity index (χ3v) is 7.69. The number of rotatable bonds is 6. The summed E-state index contributed by atoms with van der Waals surface area (Å²) in [7, 11) is 3.98. The molecule has 1 aliphatic rings. The Hall–Kier alpha value is -4.36. The number of likely N-dealkylation sites (N-methyl/N-ethyl adjacent to an activating group) is 1. The largest absolute Gasteiger partial charge is 0.472 e. The maximum atomic E-state index is 12.9. The van der Waals surface area contributed by atoms with Gasteiger partial charge < -0.3 is 24.1 Å². The second kappa shape index (κ2) is 10.4. The molecule has 0 atom stereocenters. The molecule has 5 aromatic rings. The molecule has 6 rings (SSSR count). The fraction of sp³-hybridized carbons (Fsp3) is 0.250. The minimum Gasteiger partial charge on any atom is -0.472 e. The number of nitrogens with one attached hydrogen (secondary N) is 1. The highest BCUT2D eigenvalue weighted by Gasteiger charge is 2.17. The molecule has 1 fully saturated rings. The first-order chi connectivity index (χ1) is 19.0. The summed E-state index contributed by atoms with van der Waals surface area (Å²) in [6.07, 6.45) is 7.21. The van der Waals surface area contributed by atoms with Gasteiger partial charge in [0.2, 0.25) is 0 Å². The van der Waals surface area contributed by atoms with Crippen LogP contribution in [0, 0.1) is 6.92 Å². The molecule has 1 aliphatic heterocycles. The molecule has 2 aromatic carbocycles. The van der Waals surface area contributed by atoms with Crippen molar-refractivity contribution >= 4 is 22.6 Å². The average molecular weight is 520 g/mol. The highest BCUT2D eigenvalue weighted by Crippen LogP contribution is 2.33. The van der Waals surface area contributed by atoms with Gasteiger partial charge in [0.25, 0.3) is 5.91 Å². The smallest absolute Gasteiger partial charge is 0.253 e. The van der Waals surface area contributed by atoms with Gasteiger partial charge in [0, 0.05) is 85.5 Å². The normalized spacial score (nSPS) is 14.2. The predicted molar refractivity (Wildman–Crippen MR) is 156 cm³/mol. The van der Waals surface area contributed by atoms with Gasteiger partial charge in [-0.1, -0.05) is 18.2 Å². The lowest BCUT2D eigenvalue weighted by Gasteiger charge is -2.35. The molecule has 0 aliphatic carbocycles. The number of furan rings is 1. The number of amides is 1. The van der Waals surface area contributed by atoms with Crippen LogP contribution in [-0.4, -0.2) is 65.9 Å². The first-order valence-electron chi connectivity index (χ1n) is 13.3. The topological polar surface area (TPSA) is 68.6 Å². The summed E-state index contributed by atoms with van der Waals surface area (Å²) in [5, 5.41) is 1.06. The number of fused-ring (bicyclic) bond motifs is 1. The number of H-pyrrole nitrogens is 1. The summed E-state index contributed by atoms with van der Waals surface area (Å²) in [5.41, 5.74) is 9.41. The molecule has 3 aromatic heterocycles. The van der Waals surface area contributed by atoms with Crippen LogP contribution in [0.15, 0.2) is 83.9 Å². The molecular formula is C32H33N5O2. The summed E-state index contributed by atoms with van der Waals surface area (Å²) in [6, 6.07) is 18.6. The lowest BCUT2D eigenvalue weighted by atomic mass is 9.99. The molecule has 198 valence electrons. The number of aryl methyl sites for hydroxylation is 1. The Morgan fingerprint density at radius 1 is 1.00 bits per heavy atom. The average Bonchev–Trinajstić information content (AvgIpc) is 3.63. The Morgan fingerprint density at radius 3 is 2.49 bits per heavy atom. The quantitative estimate of drug-likeness (QED) is 0.306. The van der Waals surface area contributed by atoms with E-state index in [0.717, 1.165) is 65.0 Å². The number of carbonyl (C=O) groups is 1. The molecule has 0 saturated carbocycles. The third kappa shape index (κ3) is 5.05. The zero-order valence-electron chi connectivity index (χ0n) is 22.6. The van der Waals surface area contributed by atoms with Crippen molar-refractivity contribution in [3.05, 3.63) is 96.2 Å². The van der Waals surface area contributed by atoms with E-state index >= 15 is 0 Å². The number of nitrogens with zero attached hydrogens (tertiary/aromatic N) is 4. The van der Waals surface area contributed by atoms with Crippen molar-refractivity contribution in [1.29, 1.82) is 0 Å². The minimum atomic E-state index is -0.0268. The number of benzene rings is 2. The summed E-state index contributed by atoms with van der Waals surface area (Å²) < 4.78 is 5.12. The van der Waals surface area contributed by atoms with Crippen LogP contribution in [0.3, 0.4) is 0 Å². The van der Waals surface area contributed by atoms with Crippen LogP contribution in [0.4, 0.5) is 5.69 Å². The highest BCUT2D eigenvalue weighted by molar-refractivity contribution is 5.98. The molecule has 0 spiro atoms. The Bertz CT molecular complexity index is 1600. The molecule has 0 radical (unpaired) electrons. The maximum Gasteiger partial charge on any atom is 0.253 e. The summed E-state index contributed by atoms with van der Waals surface area (Å²) in [4.78, 5) is 27.5. The second-order valence-electron chi connectivity index (χ2n) is 10.5. The number of hydrogen-bond donors (Lipinski definition) is 1. The van der Waals surface area contributed by atoms with Crippen molar-refractivity contribution in [2.75, 3.05) is 45.2 Å². The molecule has 4 heterocycles. The lowest BCUT2D eigenvalue weighted by Crippen LogP contribution is -2.44. The fourth-order valence-electron chi connectivity index (χ4n) is 5.38. The summed E-state index contributed by atoms with van der Waals surface area (Å²) in [6.45, 7) is 7.00. The molecule has 1 saturated heterocycles. The van der Waals surface area contributed by atoms with Crippen molar-refractivity contribution in [2.24, 2.45) is 0 Å². The molecule has 39 heavy (non-hydrogen) atoms. The van der Waals surface area contributed by atoms with Crippen LogP contribution in [0.25, 0.3) is 33.3 Å². The number of anilines is 1. The first kappa shape index (κ1) is 24.9. The fourth-order valence-corrected chi connectivity index (χ4v) is 5.38. The molecule has 0 bridgehead atoms. The first-order valence-corrected chi connectivity index (χ1v) is 13.3. The Balaban J connectivity index is 1.23. The third-order valence-electron chi connectivity index (χ3n) is 7.69. The summed E-state index contributed by atoms with van der Waals surface area (Å²) in [5.74, 6) is -0.0268. The van der Waals surface area contributed by atoms with E-state index in [1.54, 1.807) is 24.5 Å². The second-order valence-corrected chi connectivity index (χ2v) is 10.5. The zero-order chi connectivity index (χ0) is 26.9. The van der Waals surface area contributed by atoms with Gasteiger partial charge in [-0.15, -0.1) is 0 Å². The van der Waals surface area contributed by atoms with E-state index in [9.17, 15) is 4.79 Å². The molecule has 7 nitrogen and oxygen atoms in total. The van der Waals surface area contributed by atoms with E-state index in [1.807, 2.05) is 42.7 Å². The van der Waals surface area contributed by atoms with Crippen LogP contribution in [0.1, 0.15) is 21.5 Å². The molecule has 1 N–H and O–H groups in total. The van der Waals surface area contributed by atoms with Gasteiger partial charge in [-0.2, -0.15) is 0 Å². The standard InChI is InChI=1S/C32H33N5O2/c1-22-16-26(8-9-30(22)37-13-11-35(2)12-14-37)27-17-28-29(19-34-31(28)33-18-27)24-4-6-25(7-5-24)32(38)36(3)20-23-10-15-39-21-23/h4-10,15-19,21H,11-14,20H2,1-3H3,(H,33,34). The summed E-state index contributed by atoms with van der Waals surface area (Å²) >= 11 is 0. The number of carbonyl (C=O) groups excluding carboxylic acids is 1. The molecule has 1 amide bonds. The lowest BCUT2D eigenvalue weighted by molar-refractivity contribution is 0.0785. The van der Waals surface area contributed by atoms with Gasteiger partial charge in [0.05, 0.1) is 12.5 Å². The SMILES string of the molecule is Cc1cc(-c2cnc3[nH]cc(-c4ccc(C(=O)N(C)Cc5ccoc5)cc4)c3c2)ccc1N1CCN(C)CC1. The predicted octanol–water partition coefficient (Wildman–Crippen LogP) is 5.82. The maximum absolute atomic E-state index is 12.9. The Labute approximate surface area is 228 Å². The van der Waals surface area contributed by atoms with E-state index < -0.39 is 0 Å². The number of pyridine rings is 1. The van der Waals surface area contributed by atoms with Gasteiger partial charge in [-0.25, -0.2) is 4.98 Å². The van der Waals surface area contributed by atoms with E-state index in [1.165, 1.54) is 11.3 Å². The molecule has 7 heteroatoms. The number of aromatic nitrogens is 2. The van der Waals surface area contributed by atoms with E-state index in [0.29, 0.717) is 12.1 Å². The Kier molecular flexibility index (Phi) is 6.67. The van der Waals surface area contributed by atoms with Crippen molar-refractivity contribution in [3.63, 3.8) is 0 Å². The van der Waals surface area contributed by atoms with Crippen LogP contribution < -0.4 is 4.90 Å². The van der Waals surface area contributed by atoms with Crippen LogP contribution in [0.5, 0.6) is 0 Å². The number of hydrogen-bond acceptors (Lipinski definition) is 5. The van der Waals surface area contributed by atoms with E-state index in [-0.39, 0.29) is 5.91 Å². The van der Waals surface area contributed by atoms with Crippen molar-refractivity contribution < 1.29 is 9.21 Å². The van der Waals surface area contributed by atoms with Crippen LogP contribution in [0.2, 0.25) is 0 Å². The van der Waals surface area contributed by atoms with Crippen molar-refractivity contribution in [1.82, 2.24) is 19.8 Å². The molecular weight excluding hydrogens is 486 g/mol. The van der Waals surface area contributed by atoms with Gasteiger partial charge in [-0.05, 0) is 67.1 Å². The number of piperazine rings is 1. The number of aromatic amines is 1. The zero-order valence-corrected chi connectivity index (χ0v) is 22.6. The monoisotopic (exact) mass is 519 g/mol. The molecule has 0 unspecified atom stereocenters. The van der Waals surface area contributed by atoms with Gasteiger partial charge in [-0.3, -0.25) is 4.79 Å². The Morgan fingerprint density at radius 2 is 1.77 bits per heavy atom. The van der Waals surface area contributed by atoms with Crippen LogP contribution >= 0.6 is 0 Å². The van der Waals surface area contributed by atoms with Crippen molar-refractivity contribution in [3.8, 4) is 22.3 Å². The van der Waals surface area contributed by atoms with E-state index in [4.69, 9.17) is 9.40 Å². The van der Waals surface area contributed by atoms with Gasteiger partial charge in [0.1, 0.15) is 5.65 Å².